The van der Waals surface area contributed by atoms with Crippen LogP contribution in [0.4, 0.5) is 0 Å². The maximum atomic E-state index is 12.6. The molecule has 1 aromatic rings. The molecule has 4 heteroatoms. The van der Waals surface area contributed by atoms with E-state index in [0.29, 0.717) is 12.1 Å². The van der Waals surface area contributed by atoms with Crippen molar-refractivity contribution < 1.29 is 14.3 Å². The van der Waals surface area contributed by atoms with Gasteiger partial charge >= 0.3 is 5.97 Å². The monoisotopic (exact) mass is 277 g/mol. The van der Waals surface area contributed by atoms with Crippen molar-refractivity contribution >= 4 is 11.8 Å². The van der Waals surface area contributed by atoms with Gasteiger partial charge in [0.2, 0.25) is 0 Å². The van der Waals surface area contributed by atoms with E-state index in [9.17, 15) is 9.59 Å². The molecule has 0 aliphatic carbocycles. The quantitative estimate of drug-likeness (QED) is 0.614. The lowest BCUT2D eigenvalue weighted by molar-refractivity contribution is -0.140. The Morgan fingerprint density at radius 2 is 2.00 bits per heavy atom. The smallest absolute Gasteiger partial charge is 0.307 e. The molecule has 1 aromatic carbocycles. The number of Topliss-reactive ketones (excluding diaryl/α,β-unsaturated/α-hetero) is 1. The number of esters is 1. The zero-order chi connectivity index (χ0) is 15.1. The van der Waals surface area contributed by atoms with Gasteiger partial charge in [-0.2, -0.15) is 0 Å². The largest absolute Gasteiger partial charge is 0.469 e. The molecule has 0 bridgehead atoms. The fraction of sp³-hybridized carbons (Fsp3) is 0.500. The molecule has 0 aliphatic heterocycles. The summed E-state index contributed by atoms with van der Waals surface area (Å²) in [5.74, 6) is -0.432. The second-order valence-electron chi connectivity index (χ2n) is 4.97. The van der Waals surface area contributed by atoms with Crippen molar-refractivity contribution in [1.82, 2.24) is 5.32 Å². The van der Waals surface area contributed by atoms with Crippen LogP contribution < -0.4 is 5.32 Å². The minimum Gasteiger partial charge on any atom is -0.469 e. The fourth-order valence-electron chi connectivity index (χ4n) is 2.10. The van der Waals surface area contributed by atoms with E-state index in [-0.39, 0.29) is 18.2 Å². The van der Waals surface area contributed by atoms with Crippen molar-refractivity contribution in [2.75, 3.05) is 13.7 Å². The third-order valence-electron chi connectivity index (χ3n) is 3.20. The highest BCUT2D eigenvalue weighted by Crippen LogP contribution is 2.14. The van der Waals surface area contributed by atoms with Crippen LogP contribution in [0, 0.1) is 13.8 Å². The van der Waals surface area contributed by atoms with E-state index >= 15 is 0 Å². The summed E-state index contributed by atoms with van der Waals surface area (Å²) in [5.41, 5.74) is 2.71. The summed E-state index contributed by atoms with van der Waals surface area (Å²) >= 11 is 0. The molecule has 0 spiro atoms. The minimum absolute atomic E-state index is 0.0543. The number of aryl methyl sites for hydroxylation is 2. The first-order valence-electron chi connectivity index (χ1n) is 6.91. The number of benzene rings is 1. The second-order valence-corrected chi connectivity index (χ2v) is 4.97. The molecule has 0 heterocycles. The highest BCUT2D eigenvalue weighted by Gasteiger charge is 2.23. The predicted octanol–water partition coefficient (Wildman–Crippen LogP) is 2.42. The van der Waals surface area contributed by atoms with Gasteiger partial charge < -0.3 is 10.1 Å². The van der Waals surface area contributed by atoms with Gasteiger partial charge in [0.05, 0.1) is 19.6 Å². The molecule has 0 radical (unpaired) electrons. The molecule has 0 aromatic heterocycles. The first-order chi connectivity index (χ1) is 9.49. The summed E-state index contributed by atoms with van der Waals surface area (Å²) in [6.45, 7) is 6.61. The summed E-state index contributed by atoms with van der Waals surface area (Å²) in [6.07, 6.45) is 0.959. The summed E-state index contributed by atoms with van der Waals surface area (Å²) in [7, 11) is 1.33. The van der Waals surface area contributed by atoms with Gasteiger partial charge in [-0.3, -0.25) is 9.59 Å². The van der Waals surface area contributed by atoms with Gasteiger partial charge in [0.1, 0.15) is 0 Å². The molecule has 0 aliphatic rings. The lowest BCUT2D eigenvalue weighted by atomic mass is 9.96. The molecular weight excluding hydrogens is 254 g/mol. The van der Waals surface area contributed by atoms with E-state index in [2.05, 4.69) is 10.1 Å². The van der Waals surface area contributed by atoms with Gasteiger partial charge in [-0.15, -0.1) is 0 Å². The maximum Gasteiger partial charge on any atom is 0.307 e. The van der Waals surface area contributed by atoms with E-state index in [1.165, 1.54) is 7.11 Å². The molecule has 1 rings (SSSR count). The third kappa shape index (κ3) is 4.46. The highest BCUT2D eigenvalue weighted by molar-refractivity contribution is 6.02. The van der Waals surface area contributed by atoms with Crippen molar-refractivity contribution in [1.29, 1.82) is 0 Å². The Labute approximate surface area is 120 Å². The molecule has 4 nitrogen and oxygen atoms in total. The van der Waals surface area contributed by atoms with Crippen LogP contribution in [0.25, 0.3) is 0 Å². The molecule has 0 saturated heterocycles. The van der Waals surface area contributed by atoms with Crippen LogP contribution in [0.3, 0.4) is 0 Å². The molecule has 0 amide bonds. The Morgan fingerprint density at radius 1 is 1.30 bits per heavy atom. The van der Waals surface area contributed by atoms with Crippen LogP contribution in [0.1, 0.15) is 41.3 Å². The van der Waals surface area contributed by atoms with Crippen LogP contribution >= 0.6 is 0 Å². The topological polar surface area (TPSA) is 55.4 Å². The lowest BCUT2D eigenvalue weighted by Crippen LogP contribution is -2.39. The third-order valence-corrected chi connectivity index (χ3v) is 3.20. The second kappa shape index (κ2) is 7.80. The van der Waals surface area contributed by atoms with Gasteiger partial charge in [-0.05, 0) is 32.4 Å². The average molecular weight is 277 g/mol. The number of nitrogens with one attached hydrogen (secondary N) is 1. The van der Waals surface area contributed by atoms with Crippen molar-refractivity contribution in [2.45, 2.75) is 39.7 Å². The number of methoxy groups -OCH3 is 1. The first-order valence-corrected chi connectivity index (χ1v) is 6.91. The summed E-state index contributed by atoms with van der Waals surface area (Å²) in [4.78, 5) is 24.0. The predicted molar refractivity (Wildman–Crippen MR) is 79.0 cm³/mol. The van der Waals surface area contributed by atoms with Gasteiger partial charge in [0, 0.05) is 5.56 Å². The summed E-state index contributed by atoms with van der Waals surface area (Å²) in [6, 6.07) is 5.19. The minimum atomic E-state index is -0.524. The van der Waals surface area contributed by atoms with Gasteiger partial charge in [-0.25, -0.2) is 0 Å². The Morgan fingerprint density at radius 3 is 2.55 bits per heavy atom. The van der Waals surface area contributed by atoms with Gasteiger partial charge in [0.15, 0.2) is 5.78 Å². The number of carbonyl (C=O) groups is 2. The van der Waals surface area contributed by atoms with Crippen LogP contribution in [-0.4, -0.2) is 31.4 Å². The Kier molecular flexibility index (Phi) is 6.39. The Balaban J connectivity index is 2.93. The van der Waals surface area contributed by atoms with E-state index in [1.807, 2.05) is 39.0 Å². The zero-order valence-electron chi connectivity index (χ0n) is 12.7. The molecule has 0 fully saturated rings. The van der Waals surface area contributed by atoms with Crippen LogP contribution in [0.5, 0.6) is 0 Å². The first kappa shape index (κ1) is 16.4. The van der Waals surface area contributed by atoms with E-state index in [1.54, 1.807) is 0 Å². The number of ether oxygens (including phenoxy) is 1. The average Bonchev–Trinajstić information content (AvgIpc) is 2.42. The lowest BCUT2D eigenvalue weighted by Gasteiger charge is -2.17. The number of ketones is 1. The molecule has 110 valence electrons. The zero-order valence-corrected chi connectivity index (χ0v) is 12.7. The normalized spacial score (nSPS) is 12.0. The molecule has 20 heavy (non-hydrogen) atoms. The molecule has 1 unspecified atom stereocenters. The van der Waals surface area contributed by atoms with Crippen LogP contribution in [0.2, 0.25) is 0 Å². The van der Waals surface area contributed by atoms with Gasteiger partial charge in [-0.1, -0.05) is 30.7 Å². The fourth-order valence-corrected chi connectivity index (χ4v) is 2.10. The summed E-state index contributed by atoms with van der Waals surface area (Å²) < 4.78 is 4.66. The molecule has 1 atom stereocenters. The van der Waals surface area contributed by atoms with Crippen LogP contribution in [0.15, 0.2) is 18.2 Å². The number of carbonyl (C=O) groups excluding carboxylic acids is 2. The standard InChI is InChI=1S/C16H23NO3/c1-5-8-17-14(10-15(18)20-4)16(19)13-7-6-11(2)9-12(13)3/h6-7,9,14,17H,5,8,10H2,1-4H3. The van der Waals surface area contributed by atoms with Crippen molar-refractivity contribution in [3.8, 4) is 0 Å². The molecule has 0 saturated carbocycles. The SMILES string of the molecule is CCCNC(CC(=O)OC)C(=O)c1ccc(C)cc1C. The summed E-state index contributed by atoms with van der Waals surface area (Å²) in [5, 5.41) is 3.12. The van der Waals surface area contributed by atoms with E-state index in [4.69, 9.17) is 0 Å². The van der Waals surface area contributed by atoms with Gasteiger partial charge in [0.25, 0.3) is 0 Å². The number of rotatable bonds is 7. The van der Waals surface area contributed by atoms with Crippen molar-refractivity contribution in [3.63, 3.8) is 0 Å². The van der Waals surface area contributed by atoms with Crippen LogP contribution in [-0.2, 0) is 9.53 Å². The van der Waals surface area contributed by atoms with E-state index < -0.39 is 6.04 Å². The number of hydrogen-bond donors (Lipinski definition) is 1. The number of hydrogen-bond acceptors (Lipinski definition) is 4. The van der Waals surface area contributed by atoms with Crippen molar-refractivity contribution in [3.05, 3.63) is 34.9 Å². The Bertz CT molecular complexity index is 483. The maximum absolute atomic E-state index is 12.6. The Hall–Kier alpha value is -1.68. The van der Waals surface area contributed by atoms with E-state index in [0.717, 1.165) is 17.5 Å². The molecule has 1 N–H and O–H groups in total. The van der Waals surface area contributed by atoms with Crippen molar-refractivity contribution in [2.24, 2.45) is 0 Å². The molecular formula is C16H23NO3. The highest BCUT2D eigenvalue weighted by atomic mass is 16.5.